The Morgan fingerprint density at radius 2 is 2.11 bits per heavy atom. The van der Waals surface area contributed by atoms with E-state index in [1.165, 1.54) is 36.9 Å². The molecule has 9 heteroatoms. The number of amides is 2. The molecule has 0 bridgehead atoms. The lowest BCUT2D eigenvalue weighted by atomic mass is 10.2. The van der Waals surface area contributed by atoms with Gasteiger partial charge in [-0.05, 0) is 23.8 Å². The molecule has 1 rings (SSSR count). The number of aliphatic hydroxyl groups excluding tert-OH is 1. The topological polar surface area (TPSA) is 101 Å². The maximum Gasteiger partial charge on any atom is 0.261 e. The van der Waals surface area contributed by atoms with Crippen molar-refractivity contribution < 1.29 is 23.8 Å². The molecule has 0 aromatic carbocycles. The van der Waals surface area contributed by atoms with E-state index >= 15 is 0 Å². The summed E-state index contributed by atoms with van der Waals surface area (Å²) in [6.45, 7) is 6.49. The van der Waals surface area contributed by atoms with Crippen molar-refractivity contribution in [1.82, 2.24) is 15.6 Å². The Bertz CT molecular complexity index is 793. The summed E-state index contributed by atoms with van der Waals surface area (Å²) in [7, 11) is 0. The van der Waals surface area contributed by atoms with Crippen LogP contribution in [-0.2, 0) is 16.1 Å². The molecular weight excluding hydrogens is 389 g/mol. The number of hydrogen-bond acceptors (Lipinski definition) is 5. The largest absolute Gasteiger partial charge is 0.491 e. The summed E-state index contributed by atoms with van der Waals surface area (Å²) in [5, 5.41) is 14.1. The monoisotopic (exact) mass is 409 g/mol. The van der Waals surface area contributed by atoms with Crippen molar-refractivity contribution in [1.29, 1.82) is 0 Å². The van der Waals surface area contributed by atoms with Crippen LogP contribution in [0.5, 0.6) is 0 Å². The summed E-state index contributed by atoms with van der Waals surface area (Å²) in [4.78, 5) is 27.5. The molecule has 3 N–H and O–H groups in total. The zero-order chi connectivity index (χ0) is 20.9. The van der Waals surface area contributed by atoms with Crippen molar-refractivity contribution >= 4 is 23.4 Å². The van der Waals surface area contributed by atoms with E-state index in [2.05, 4.69) is 28.8 Å². The van der Waals surface area contributed by atoms with E-state index in [0.29, 0.717) is 23.2 Å². The van der Waals surface area contributed by atoms with Gasteiger partial charge in [-0.3, -0.25) is 14.6 Å². The van der Waals surface area contributed by atoms with Gasteiger partial charge in [0.15, 0.2) is 6.61 Å². The van der Waals surface area contributed by atoms with Gasteiger partial charge >= 0.3 is 0 Å². The molecule has 0 atom stereocenters. The fourth-order valence-corrected chi connectivity index (χ4v) is 1.89. The molecule has 0 aliphatic heterocycles. The van der Waals surface area contributed by atoms with Gasteiger partial charge in [0, 0.05) is 31.1 Å². The number of hydrogen-bond donors (Lipinski definition) is 3. The molecule has 0 saturated carbocycles. The van der Waals surface area contributed by atoms with E-state index < -0.39 is 11.7 Å². The molecule has 0 unspecified atom stereocenters. The highest BCUT2D eigenvalue weighted by Gasteiger charge is 2.07. The predicted molar refractivity (Wildman–Crippen MR) is 104 cm³/mol. The van der Waals surface area contributed by atoms with E-state index in [1.807, 2.05) is 0 Å². The highest BCUT2D eigenvalue weighted by atomic mass is 35.5. The SMILES string of the molecule is C=C(CCNC(=O)c1cncc(CO)c1)NC(=O)CO/C=C/C=C(/Cl)C(=C)F. The number of rotatable bonds is 11. The summed E-state index contributed by atoms with van der Waals surface area (Å²) in [5.74, 6) is -1.56. The molecule has 7 nitrogen and oxygen atoms in total. The van der Waals surface area contributed by atoms with Gasteiger partial charge in [0.05, 0.1) is 23.5 Å². The van der Waals surface area contributed by atoms with Crippen LogP contribution >= 0.6 is 11.6 Å². The minimum absolute atomic E-state index is 0.168. The number of nitrogens with one attached hydrogen (secondary N) is 2. The Labute approximate surface area is 167 Å². The van der Waals surface area contributed by atoms with Crippen molar-refractivity contribution in [3.05, 3.63) is 77.7 Å². The van der Waals surface area contributed by atoms with E-state index in [9.17, 15) is 14.0 Å². The average molecular weight is 410 g/mol. The maximum atomic E-state index is 12.6. The molecule has 0 saturated heterocycles. The molecule has 28 heavy (non-hydrogen) atoms. The van der Waals surface area contributed by atoms with E-state index in [4.69, 9.17) is 21.4 Å². The van der Waals surface area contributed by atoms with Crippen LogP contribution in [0.3, 0.4) is 0 Å². The van der Waals surface area contributed by atoms with Gasteiger partial charge in [0.2, 0.25) is 0 Å². The Hall–Kier alpha value is -2.97. The first-order valence-corrected chi connectivity index (χ1v) is 8.50. The van der Waals surface area contributed by atoms with E-state index in [0.717, 1.165) is 0 Å². The van der Waals surface area contributed by atoms with Crippen LogP contribution < -0.4 is 10.6 Å². The highest BCUT2D eigenvalue weighted by molar-refractivity contribution is 6.31. The maximum absolute atomic E-state index is 12.6. The summed E-state index contributed by atoms with van der Waals surface area (Å²) in [5.41, 5.74) is 1.26. The zero-order valence-electron chi connectivity index (χ0n) is 15.1. The normalized spacial score (nSPS) is 11.2. The van der Waals surface area contributed by atoms with E-state index in [1.54, 1.807) is 0 Å². The van der Waals surface area contributed by atoms with Gasteiger partial charge in [-0.1, -0.05) is 24.8 Å². The smallest absolute Gasteiger partial charge is 0.261 e. The van der Waals surface area contributed by atoms with Crippen molar-refractivity contribution in [2.75, 3.05) is 13.2 Å². The Balaban J connectivity index is 2.27. The summed E-state index contributed by atoms with van der Waals surface area (Å²) >= 11 is 5.50. The van der Waals surface area contributed by atoms with Crippen LogP contribution in [0.2, 0.25) is 0 Å². The molecule has 0 spiro atoms. The van der Waals surface area contributed by atoms with Gasteiger partial charge < -0.3 is 20.5 Å². The van der Waals surface area contributed by atoms with Crippen molar-refractivity contribution in [3.63, 3.8) is 0 Å². The van der Waals surface area contributed by atoms with Crippen molar-refractivity contribution in [2.45, 2.75) is 13.0 Å². The standard InChI is InChI=1S/C19H21ClFN3O4/c1-13(24-18(26)12-28-7-3-4-17(20)14(2)21)5-6-23-19(27)16-8-15(11-25)9-22-10-16/h3-4,7-10,25H,1-2,5-6,11-12H2,(H,23,27)(H,24,26)/b7-3+,17-4+. The highest BCUT2D eigenvalue weighted by Crippen LogP contribution is 2.13. The lowest BCUT2D eigenvalue weighted by Crippen LogP contribution is -2.30. The summed E-state index contributed by atoms with van der Waals surface area (Å²) < 4.78 is 17.5. The van der Waals surface area contributed by atoms with Gasteiger partial charge in [-0.25, -0.2) is 4.39 Å². The van der Waals surface area contributed by atoms with Crippen LogP contribution in [0.1, 0.15) is 22.3 Å². The second-order valence-corrected chi connectivity index (χ2v) is 5.86. The molecule has 150 valence electrons. The quantitative estimate of drug-likeness (QED) is 0.385. The fraction of sp³-hybridized carbons (Fsp3) is 0.211. The number of aliphatic hydroxyl groups is 1. The second kappa shape index (κ2) is 12.4. The Kier molecular flexibility index (Phi) is 10.2. The average Bonchev–Trinajstić information content (AvgIpc) is 2.67. The number of halogens is 2. The van der Waals surface area contributed by atoms with E-state index in [-0.39, 0.29) is 30.7 Å². The van der Waals surface area contributed by atoms with Crippen molar-refractivity contribution in [3.8, 4) is 0 Å². The summed E-state index contributed by atoms with van der Waals surface area (Å²) in [6.07, 6.45) is 6.91. The van der Waals surface area contributed by atoms with Crippen LogP contribution in [-0.4, -0.2) is 35.1 Å². The molecule has 1 aromatic rings. The third-order valence-corrected chi connectivity index (χ3v) is 3.49. The minimum Gasteiger partial charge on any atom is -0.491 e. The first kappa shape index (κ1) is 23.1. The number of allylic oxidation sites excluding steroid dienone is 4. The molecule has 0 radical (unpaired) electrons. The Morgan fingerprint density at radius 3 is 2.79 bits per heavy atom. The number of aromatic nitrogens is 1. The summed E-state index contributed by atoms with van der Waals surface area (Å²) in [6, 6.07) is 1.54. The molecule has 0 fully saturated rings. The third-order valence-electron chi connectivity index (χ3n) is 3.16. The van der Waals surface area contributed by atoms with Gasteiger partial charge in [-0.15, -0.1) is 0 Å². The zero-order valence-corrected chi connectivity index (χ0v) is 15.8. The van der Waals surface area contributed by atoms with Gasteiger partial charge in [0.1, 0.15) is 5.83 Å². The number of nitrogens with zero attached hydrogens (tertiary/aromatic N) is 1. The first-order valence-electron chi connectivity index (χ1n) is 8.12. The Morgan fingerprint density at radius 1 is 1.36 bits per heavy atom. The molecule has 0 aliphatic rings. The third kappa shape index (κ3) is 9.11. The van der Waals surface area contributed by atoms with Crippen LogP contribution in [0.25, 0.3) is 0 Å². The van der Waals surface area contributed by atoms with Gasteiger partial charge in [0.25, 0.3) is 11.8 Å². The number of carbonyl (C=O) groups excluding carboxylic acids is 2. The number of carbonyl (C=O) groups is 2. The molecule has 1 heterocycles. The second-order valence-electron chi connectivity index (χ2n) is 5.46. The lowest BCUT2D eigenvalue weighted by Gasteiger charge is -2.09. The first-order chi connectivity index (χ1) is 13.3. The lowest BCUT2D eigenvalue weighted by molar-refractivity contribution is -0.123. The number of pyridine rings is 1. The van der Waals surface area contributed by atoms with Crippen molar-refractivity contribution in [2.24, 2.45) is 0 Å². The minimum atomic E-state index is -0.773. The van der Waals surface area contributed by atoms with Crippen LogP contribution in [0.4, 0.5) is 4.39 Å². The molecule has 0 aliphatic carbocycles. The number of ether oxygens (including phenoxy) is 1. The van der Waals surface area contributed by atoms with Crippen LogP contribution in [0.15, 0.2) is 66.6 Å². The molecular formula is C19H21ClFN3O4. The van der Waals surface area contributed by atoms with Crippen LogP contribution in [0, 0.1) is 0 Å². The molecule has 2 amide bonds. The molecule has 1 aromatic heterocycles. The fourth-order valence-electron chi connectivity index (χ4n) is 1.82. The van der Waals surface area contributed by atoms with Gasteiger partial charge in [-0.2, -0.15) is 0 Å². The predicted octanol–water partition coefficient (Wildman–Crippen LogP) is 2.46.